The maximum absolute atomic E-state index is 12.5. The molecule has 1 amide bonds. The second kappa shape index (κ2) is 4.98. The molecule has 0 bridgehead atoms. The molecule has 0 spiro atoms. The van der Waals surface area contributed by atoms with Crippen molar-refractivity contribution in [3.05, 3.63) is 65.5 Å². The first-order chi connectivity index (χ1) is 10.1. The summed E-state index contributed by atoms with van der Waals surface area (Å²) in [6.45, 7) is 3.88. The smallest absolute Gasteiger partial charge is 0.272 e. The molecule has 0 radical (unpaired) electrons. The summed E-state index contributed by atoms with van der Waals surface area (Å²) < 4.78 is 1.76. The molecule has 2 aromatic carbocycles. The van der Waals surface area contributed by atoms with E-state index < -0.39 is 0 Å². The van der Waals surface area contributed by atoms with E-state index in [1.54, 1.807) is 4.68 Å². The highest BCUT2D eigenvalue weighted by Gasteiger charge is 2.12. The van der Waals surface area contributed by atoms with E-state index in [4.69, 9.17) is 5.73 Å². The summed E-state index contributed by atoms with van der Waals surface area (Å²) in [4.78, 5) is 12.5. The normalized spacial score (nSPS) is 10.8. The second-order valence-corrected chi connectivity index (χ2v) is 5.18. The van der Waals surface area contributed by atoms with Gasteiger partial charge in [0.15, 0.2) is 0 Å². The van der Waals surface area contributed by atoms with Gasteiger partial charge in [-0.15, -0.1) is 0 Å². The van der Waals surface area contributed by atoms with Crippen molar-refractivity contribution in [3.63, 3.8) is 0 Å². The van der Waals surface area contributed by atoms with E-state index in [1.165, 1.54) is 0 Å². The van der Waals surface area contributed by atoms with Crippen LogP contribution in [0.3, 0.4) is 0 Å². The number of aryl methyl sites for hydroxylation is 2. The van der Waals surface area contributed by atoms with Crippen LogP contribution in [0.2, 0.25) is 0 Å². The standard InChI is InChI=1S/C17H17N3O/c1-11-7-8-12(2)20(11)19-17(21)15-9-13-5-3-4-6-14(13)10-16(15)18/h3-10H,18H2,1-2H3,(H,19,21). The third-order valence-electron chi connectivity index (χ3n) is 3.65. The van der Waals surface area contributed by atoms with Gasteiger partial charge in [-0.1, -0.05) is 24.3 Å². The molecule has 0 fully saturated rings. The number of aromatic nitrogens is 1. The minimum atomic E-state index is -0.208. The molecule has 21 heavy (non-hydrogen) atoms. The Labute approximate surface area is 123 Å². The molecular weight excluding hydrogens is 262 g/mol. The summed E-state index contributed by atoms with van der Waals surface area (Å²) in [6.07, 6.45) is 0. The van der Waals surface area contributed by atoms with Crippen LogP contribution in [-0.2, 0) is 0 Å². The fourth-order valence-corrected chi connectivity index (χ4v) is 2.46. The minimum Gasteiger partial charge on any atom is -0.398 e. The van der Waals surface area contributed by atoms with E-state index in [9.17, 15) is 4.79 Å². The van der Waals surface area contributed by atoms with E-state index in [1.807, 2.05) is 62.4 Å². The summed E-state index contributed by atoms with van der Waals surface area (Å²) in [5.74, 6) is -0.208. The molecule has 106 valence electrons. The fraction of sp³-hybridized carbons (Fsp3) is 0.118. The topological polar surface area (TPSA) is 60.0 Å². The van der Waals surface area contributed by atoms with Gasteiger partial charge in [0.25, 0.3) is 5.91 Å². The Morgan fingerprint density at radius 1 is 1.00 bits per heavy atom. The van der Waals surface area contributed by atoms with Crippen LogP contribution in [0.25, 0.3) is 10.8 Å². The number of amides is 1. The van der Waals surface area contributed by atoms with Crippen LogP contribution in [0.15, 0.2) is 48.5 Å². The third-order valence-corrected chi connectivity index (χ3v) is 3.65. The Kier molecular flexibility index (Phi) is 3.14. The Morgan fingerprint density at radius 3 is 2.19 bits per heavy atom. The molecule has 0 aliphatic carbocycles. The van der Waals surface area contributed by atoms with E-state index in [2.05, 4.69) is 5.43 Å². The Bertz CT molecular complexity index is 814. The van der Waals surface area contributed by atoms with Gasteiger partial charge in [0.05, 0.1) is 5.56 Å². The molecule has 3 N–H and O–H groups in total. The van der Waals surface area contributed by atoms with E-state index in [-0.39, 0.29) is 5.91 Å². The van der Waals surface area contributed by atoms with E-state index in [0.29, 0.717) is 11.3 Å². The molecule has 3 rings (SSSR count). The first kappa shape index (κ1) is 13.2. The molecular formula is C17H17N3O. The van der Waals surface area contributed by atoms with Gasteiger partial charge in [-0.05, 0) is 48.9 Å². The lowest BCUT2D eigenvalue weighted by Crippen LogP contribution is -2.25. The predicted molar refractivity (Wildman–Crippen MR) is 86.0 cm³/mol. The molecule has 0 unspecified atom stereocenters. The van der Waals surface area contributed by atoms with Crippen LogP contribution in [0.5, 0.6) is 0 Å². The van der Waals surface area contributed by atoms with Gasteiger partial charge in [0.2, 0.25) is 0 Å². The molecule has 3 aromatic rings. The average molecular weight is 279 g/mol. The van der Waals surface area contributed by atoms with E-state index >= 15 is 0 Å². The van der Waals surface area contributed by atoms with Gasteiger partial charge >= 0.3 is 0 Å². The lowest BCUT2D eigenvalue weighted by atomic mass is 10.0. The number of anilines is 1. The number of carbonyl (C=O) groups excluding carboxylic acids is 1. The van der Waals surface area contributed by atoms with Crippen LogP contribution < -0.4 is 11.2 Å². The number of hydrogen-bond acceptors (Lipinski definition) is 2. The van der Waals surface area contributed by atoms with Crippen molar-refractivity contribution in [2.24, 2.45) is 0 Å². The first-order valence-electron chi connectivity index (χ1n) is 6.81. The first-order valence-corrected chi connectivity index (χ1v) is 6.81. The molecule has 0 aliphatic heterocycles. The number of nitrogens with one attached hydrogen (secondary N) is 1. The Hall–Kier alpha value is -2.75. The molecule has 0 saturated heterocycles. The number of rotatable bonds is 2. The summed E-state index contributed by atoms with van der Waals surface area (Å²) in [5.41, 5.74) is 11.8. The van der Waals surface area contributed by atoms with E-state index in [0.717, 1.165) is 22.2 Å². The number of carbonyl (C=O) groups is 1. The zero-order valence-corrected chi connectivity index (χ0v) is 12.1. The zero-order valence-electron chi connectivity index (χ0n) is 12.1. The second-order valence-electron chi connectivity index (χ2n) is 5.18. The predicted octanol–water partition coefficient (Wildman–Crippen LogP) is 3.22. The van der Waals surface area contributed by atoms with Gasteiger partial charge < -0.3 is 5.73 Å². The number of nitrogens with two attached hydrogens (primary N) is 1. The van der Waals surface area contributed by atoms with Crippen LogP contribution in [-0.4, -0.2) is 10.6 Å². The lowest BCUT2D eigenvalue weighted by molar-refractivity contribution is 0.101. The monoisotopic (exact) mass is 279 g/mol. The highest BCUT2D eigenvalue weighted by atomic mass is 16.2. The molecule has 0 atom stereocenters. The SMILES string of the molecule is Cc1ccc(C)n1NC(=O)c1cc2ccccc2cc1N. The quantitative estimate of drug-likeness (QED) is 0.707. The number of nitrogen functional groups attached to an aromatic ring is 1. The highest BCUT2D eigenvalue weighted by molar-refractivity contribution is 6.07. The summed E-state index contributed by atoms with van der Waals surface area (Å²) in [5, 5.41) is 2.03. The van der Waals surface area contributed by atoms with Gasteiger partial charge in [-0.25, -0.2) is 0 Å². The zero-order chi connectivity index (χ0) is 15.0. The van der Waals surface area contributed by atoms with Crippen molar-refractivity contribution in [3.8, 4) is 0 Å². The van der Waals surface area contributed by atoms with Gasteiger partial charge in [-0.3, -0.25) is 14.9 Å². The Morgan fingerprint density at radius 2 is 1.57 bits per heavy atom. The number of fused-ring (bicyclic) bond motifs is 1. The molecule has 4 heteroatoms. The average Bonchev–Trinajstić information content (AvgIpc) is 2.78. The third kappa shape index (κ3) is 2.36. The van der Waals surface area contributed by atoms with Gasteiger partial charge in [0.1, 0.15) is 0 Å². The van der Waals surface area contributed by atoms with Crippen LogP contribution in [0, 0.1) is 13.8 Å². The number of nitrogens with zero attached hydrogens (tertiary/aromatic N) is 1. The number of hydrogen-bond donors (Lipinski definition) is 2. The summed E-state index contributed by atoms with van der Waals surface area (Å²) >= 11 is 0. The van der Waals surface area contributed by atoms with Crippen molar-refractivity contribution in [1.82, 2.24) is 4.68 Å². The molecule has 1 heterocycles. The molecule has 0 saturated carbocycles. The van der Waals surface area contributed by atoms with Crippen molar-refractivity contribution in [2.75, 3.05) is 11.2 Å². The van der Waals surface area contributed by atoms with Gasteiger partial charge in [-0.2, -0.15) is 0 Å². The lowest BCUT2D eigenvalue weighted by Gasteiger charge is -2.13. The molecule has 0 aliphatic rings. The maximum Gasteiger partial charge on any atom is 0.272 e. The van der Waals surface area contributed by atoms with Crippen LogP contribution >= 0.6 is 0 Å². The van der Waals surface area contributed by atoms with Crippen molar-refractivity contribution in [2.45, 2.75) is 13.8 Å². The number of benzene rings is 2. The van der Waals surface area contributed by atoms with Crippen LogP contribution in [0.1, 0.15) is 21.7 Å². The maximum atomic E-state index is 12.5. The fourth-order valence-electron chi connectivity index (χ4n) is 2.46. The van der Waals surface area contributed by atoms with Crippen LogP contribution in [0.4, 0.5) is 5.69 Å². The van der Waals surface area contributed by atoms with Crippen molar-refractivity contribution < 1.29 is 4.79 Å². The minimum absolute atomic E-state index is 0.208. The molecule has 1 aromatic heterocycles. The Balaban J connectivity index is 2.00. The summed E-state index contributed by atoms with van der Waals surface area (Å²) in [7, 11) is 0. The van der Waals surface area contributed by atoms with Crippen molar-refractivity contribution in [1.29, 1.82) is 0 Å². The molecule has 4 nitrogen and oxygen atoms in total. The highest BCUT2D eigenvalue weighted by Crippen LogP contribution is 2.22. The van der Waals surface area contributed by atoms with Gasteiger partial charge in [0, 0.05) is 17.1 Å². The summed E-state index contributed by atoms with van der Waals surface area (Å²) in [6, 6.07) is 15.4. The van der Waals surface area contributed by atoms with Crippen molar-refractivity contribution >= 4 is 22.4 Å². The largest absolute Gasteiger partial charge is 0.398 e.